The highest BCUT2D eigenvalue weighted by molar-refractivity contribution is 5.17. The minimum Gasteiger partial charge on any atom is -0.388 e. The third-order valence-electron chi connectivity index (χ3n) is 5.33. The lowest BCUT2D eigenvalue weighted by Crippen LogP contribution is -2.40. The zero-order valence-corrected chi connectivity index (χ0v) is 13.7. The van der Waals surface area contributed by atoms with Gasteiger partial charge in [-0.2, -0.15) is 0 Å². The van der Waals surface area contributed by atoms with Gasteiger partial charge in [0.2, 0.25) is 0 Å². The molecule has 0 saturated carbocycles. The Bertz CT molecular complexity index is 430. The van der Waals surface area contributed by atoms with Gasteiger partial charge < -0.3 is 10.0 Å². The van der Waals surface area contributed by atoms with Gasteiger partial charge in [0.1, 0.15) is 0 Å². The van der Waals surface area contributed by atoms with E-state index in [1.54, 1.807) is 0 Å². The van der Waals surface area contributed by atoms with Crippen molar-refractivity contribution >= 4 is 0 Å². The molecule has 3 nitrogen and oxygen atoms in total. The molecular formula is C19H30N2O. The van der Waals surface area contributed by atoms with Crippen LogP contribution in [-0.2, 0) is 0 Å². The van der Waals surface area contributed by atoms with Gasteiger partial charge in [0.25, 0.3) is 0 Å². The number of hydrogen-bond acceptors (Lipinski definition) is 3. The van der Waals surface area contributed by atoms with Crippen molar-refractivity contribution in [3.63, 3.8) is 0 Å². The summed E-state index contributed by atoms with van der Waals surface area (Å²) in [6.07, 6.45) is 7.24. The predicted octanol–water partition coefficient (Wildman–Crippen LogP) is 3.06. The van der Waals surface area contributed by atoms with Crippen LogP contribution in [0, 0.1) is 0 Å². The van der Waals surface area contributed by atoms with Crippen LogP contribution in [0.15, 0.2) is 30.3 Å². The summed E-state index contributed by atoms with van der Waals surface area (Å²) in [5, 5.41) is 10.5. The Kier molecular flexibility index (Phi) is 5.88. The van der Waals surface area contributed by atoms with E-state index in [1.807, 2.05) is 30.3 Å². The van der Waals surface area contributed by atoms with Crippen LogP contribution in [0.3, 0.4) is 0 Å². The highest BCUT2D eigenvalue weighted by Gasteiger charge is 2.27. The lowest BCUT2D eigenvalue weighted by atomic mass is 10.0. The summed E-state index contributed by atoms with van der Waals surface area (Å²) in [6, 6.07) is 10.7. The van der Waals surface area contributed by atoms with Crippen LogP contribution >= 0.6 is 0 Å². The summed E-state index contributed by atoms with van der Waals surface area (Å²) in [6.45, 7) is 6.15. The summed E-state index contributed by atoms with van der Waals surface area (Å²) in [5.74, 6) is 0. The highest BCUT2D eigenvalue weighted by atomic mass is 16.3. The molecule has 2 heterocycles. The molecule has 3 heteroatoms. The van der Waals surface area contributed by atoms with E-state index >= 15 is 0 Å². The maximum atomic E-state index is 10.5. The number of piperidine rings is 1. The average Bonchev–Trinajstić information content (AvgIpc) is 3.02. The summed E-state index contributed by atoms with van der Waals surface area (Å²) in [4.78, 5) is 5.23. The largest absolute Gasteiger partial charge is 0.388 e. The fraction of sp³-hybridized carbons (Fsp3) is 0.684. The predicted molar refractivity (Wildman–Crippen MR) is 90.9 cm³/mol. The Morgan fingerprint density at radius 1 is 0.955 bits per heavy atom. The molecule has 0 radical (unpaired) electrons. The van der Waals surface area contributed by atoms with E-state index < -0.39 is 0 Å². The lowest BCUT2D eigenvalue weighted by Gasteiger charge is -2.31. The number of nitrogens with zero attached hydrogens (tertiary/aromatic N) is 2. The summed E-state index contributed by atoms with van der Waals surface area (Å²) in [7, 11) is 0. The Balaban J connectivity index is 1.47. The first-order valence-electron chi connectivity index (χ1n) is 9.02. The van der Waals surface area contributed by atoms with Gasteiger partial charge in [-0.15, -0.1) is 0 Å². The third kappa shape index (κ3) is 4.31. The molecule has 0 aliphatic carbocycles. The lowest BCUT2D eigenvalue weighted by molar-refractivity contribution is 0.111. The first-order chi connectivity index (χ1) is 10.8. The van der Waals surface area contributed by atoms with Crippen LogP contribution in [0.5, 0.6) is 0 Å². The molecule has 2 fully saturated rings. The SMILES string of the molecule is O[C@@H](C[C@@H]1CCCN1CCN1CCCCC1)c1ccccc1. The van der Waals surface area contributed by atoms with E-state index in [0.717, 1.165) is 12.0 Å². The second kappa shape index (κ2) is 8.09. The number of aliphatic hydroxyl groups excluding tert-OH is 1. The molecule has 3 rings (SSSR count). The van der Waals surface area contributed by atoms with Crippen LogP contribution in [0.25, 0.3) is 0 Å². The second-order valence-corrected chi connectivity index (χ2v) is 6.90. The third-order valence-corrected chi connectivity index (χ3v) is 5.33. The molecule has 122 valence electrons. The maximum Gasteiger partial charge on any atom is 0.0805 e. The van der Waals surface area contributed by atoms with Crippen molar-refractivity contribution in [1.29, 1.82) is 0 Å². The van der Waals surface area contributed by atoms with Gasteiger partial charge in [-0.1, -0.05) is 36.8 Å². The molecule has 0 amide bonds. The van der Waals surface area contributed by atoms with E-state index in [-0.39, 0.29) is 6.10 Å². The monoisotopic (exact) mass is 302 g/mol. The smallest absolute Gasteiger partial charge is 0.0805 e. The molecule has 2 aliphatic heterocycles. The summed E-state index contributed by atoms with van der Waals surface area (Å²) >= 11 is 0. The van der Waals surface area contributed by atoms with Crippen molar-refractivity contribution in [3.05, 3.63) is 35.9 Å². The molecule has 0 spiro atoms. The maximum absolute atomic E-state index is 10.5. The number of aliphatic hydroxyl groups is 1. The zero-order chi connectivity index (χ0) is 15.2. The van der Waals surface area contributed by atoms with Gasteiger partial charge in [-0.25, -0.2) is 0 Å². The van der Waals surface area contributed by atoms with Crippen molar-refractivity contribution < 1.29 is 5.11 Å². The van der Waals surface area contributed by atoms with Crippen molar-refractivity contribution in [1.82, 2.24) is 9.80 Å². The zero-order valence-electron chi connectivity index (χ0n) is 13.7. The molecule has 1 aromatic carbocycles. The summed E-state index contributed by atoms with van der Waals surface area (Å²) in [5.41, 5.74) is 1.06. The first kappa shape index (κ1) is 16.0. The molecule has 1 N–H and O–H groups in total. The average molecular weight is 302 g/mol. The standard InChI is InChI=1S/C19H30N2O/c22-19(17-8-3-1-4-9-17)16-18-10-7-13-21(18)15-14-20-11-5-2-6-12-20/h1,3-4,8-9,18-19,22H,2,5-7,10-16H2/t18-,19-/m0/s1. The van der Waals surface area contributed by atoms with Crippen LogP contribution < -0.4 is 0 Å². The van der Waals surface area contributed by atoms with Gasteiger partial charge in [0, 0.05) is 19.1 Å². The first-order valence-corrected chi connectivity index (χ1v) is 9.02. The molecule has 2 saturated heterocycles. The van der Waals surface area contributed by atoms with Gasteiger partial charge in [-0.05, 0) is 57.3 Å². The molecule has 0 aromatic heterocycles. The van der Waals surface area contributed by atoms with Gasteiger partial charge >= 0.3 is 0 Å². The van der Waals surface area contributed by atoms with E-state index in [0.29, 0.717) is 6.04 Å². The van der Waals surface area contributed by atoms with Gasteiger partial charge in [0.05, 0.1) is 6.10 Å². The van der Waals surface area contributed by atoms with Crippen LogP contribution in [0.1, 0.15) is 50.2 Å². The Morgan fingerprint density at radius 3 is 2.50 bits per heavy atom. The quantitative estimate of drug-likeness (QED) is 0.875. The van der Waals surface area contributed by atoms with Gasteiger partial charge in [-0.3, -0.25) is 4.90 Å². The number of hydrogen-bond donors (Lipinski definition) is 1. The molecule has 0 bridgehead atoms. The second-order valence-electron chi connectivity index (χ2n) is 6.90. The van der Waals surface area contributed by atoms with E-state index in [2.05, 4.69) is 9.80 Å². The number of rotatable bonds is 6. The Morgan fingerprint density at radius 2 is 1.73 bits per heavy atom. The Hall–Kier alpha value is -0.900. The highest BCUT2D eigenvalue weighted by Crippen LogP contribution is 2.27. The van der Waals surface area contributed by atoms with E-state index in [1.165, 1.54) is 64.8 Å². The summed E-state index contributed by atoms with van der Waals surface area (Å²) < 4.78 is 0. The van der Waals surface area contributed by atoms with Crippen molar-refractivity contribution in [2.75, 3.05) is 32.7 Å². The normalized spacial score (nSPS) is 25.4. The van der Waals surface area contributed by atoms with Crippen molar-refractivity contribution in [2.24, 2.45) is 0 Å². The molecule has 1 aromatic rings. The topological polar surface area (TPSA) is 26.7 Å². The number of benzene rings is 1. The fourth-order valence-corrected chi connectivity index (χ4v) is 3.98. The van der Waals surface area contributed by atoms with E-state index in [9.17, 15) is 5.11 Å². The molecule has 0 unspecified atom stereocenters. The molecule has 22 heavy (non-hydrogen) atoms. The fourth-order valence-electron chi connectivity index (χ4n) is 3.98. The van der Waals surface area contributed by atoms with Crippen molar-refractivity contribution in [3.8, 4) is 0 Å². The Labute approximate surface area is 134 Å². The van der Waals surface area contributed by atoms with Crippen LogP contribution in [0.2, 0.25) is 0 Å². The van der Waals surface area contributed by atoms with E-state index in [4.69, 9.17) is 0 Å². The molecule has 2 aliphatic rings. The van der Waals surface area contributed by atoms with Crippen LogP contribution in [-0.4, -0.2) is 53.7 Å². The number of likely N-dealkylation sites (tertiary alicyclic amines) is 2. The van der Waals surface area contributed by atoms with Gasteiger partial charge in [0.15, 0.2) is 0 Å². The van der Waals surface area contributed by atoms with Crippen LogP contribution in [0.4, 0.5) is 0 Å². The van der Waals surface area contributed by atoms with Crippen molar-refractivity contribution in [2.45, 2.75) is 50.7 Å². The molecule has 2 atom stereocenters. The minimum absolute atomic E-state index is 0.318. The minimum atomic E-state index is -0.318. The molecular weight excluding hydrogens is 272 g/mol.